The van der Waals surface area contributed by atoms with E-state index in [1.165, 1.54) is 32.1 Å². The molecule has 0 amide bonds. The van der Waals surface area contributed by atoms with Gasteiger partial charge in [0.15, 0.2) is 0 Å². The quantitative estimate of drug-likeness (QED) is 0.0734. The Morgan fingerprint density at radius 3 is 0.896 bits per heavy atom. The Bertz CT molecular complexity index is 602. The van der Waals surface area contributed by atoms with Crippen molar-refractivity contribution in [2.75, 3.05) is 159 Å². The number of hydrogen-bond acceptors (Lipinski definition) is 14. The summed E-state index contributed by atoms with van der Waals surface area (Å²) in [5, 5.41) is 8.58. The van der Waals surface area contributed by atoms with Gasteiger partial charge in [-0.2, -0.15) is 0 Å². The Morgan fingerprint density at radius 1 is 0.354 bits per heavy atom. The summed E-state index contributed by atoms with van der Waals surface area (Å²) in [6.07, 6.45) is 8.78. The van der Waals surface area contributed by atoms with Gasteiger partial charge in [0.25, 0.3) is 0 Å². The third-order valence-corrected chi connectivity index (χ3v) is 6.43. The van der Waals surface area contributed by atoms with Gasteiger partial charge in [0, 0.05) is 6.42 Å². The highest BCUT2D eigenvalue weighted by molar-refractivity contribution is 5.69. The van der Waals surface area contributed by atoms with Gasteiger partial charge in [-0.1, -0.05) is 45.4 Å². The maximum Gasteiger partial charge on any atom is 0.305 e. The molecule has 0 radical (unpaired) electrons. The predicted octanol–water partition coefficient (Wildman–Crippen LogP) is 2.85. The molecule has 288 valence electrons. The normalized spacial score (nSPS) is 11.5. The molecule has 0 unspecified atom stereocenters. The standard InChI is InChI=1S/C34H68O14/c1-2-3-4-5-6-7-8-9-34(36)48-33-32-47-31-30-46-29-28-45-27-26-44-25-24-43-23-22-42-21-20-41-19-18-40-17-16-39-15-14-38-13-12-37-11-10-35/h35H,2-33H2,1H3. The van der Waals surface area contributed by atoms with Crippen molar-refractivity contribution in [3.05, 3.63) is 0 Å². The molecule has 0 aromatic carbocycles. The molecule has 0 aromatic heterocycles. The molecule has 48 heavy (non-hydrogen) atoms. The fourth-order valence-corrected chi connectivity index (χ4v) is 3.88. The van der Waals surface area contributed by atoms with E-state index in [1.54, 1.807) is 0 Å². The van der Waals surface area contributed by atoms with Gasteiger partial charge in [-0.15, -0.1) is 0 Å². The Hall–Kier alpha value is -1.01. The molecule has 0 spiro atoms. The van der Waals surface area contributed by atoms with Gasteiger partial charge in [-0.25, -0.2) is 0 Å². The first-order valence-corrected chi connectivity index (χ1v) is 17.9. The van der Waals surface area contributed by atoms with Crippen LogP contribution in [0.15, 0.2) is 0 Å². The predicted molar refractivity (Wildman–Crippen MR) is 180 cm³/mol. The van der Waals surface area contributed by atoms with E-state index in [0.29, 0.717) is 152 Å². The van der Waals surface area contributed by atoms with Gasteiger partial charge in [0.1, 0.15) is 6.61 Å². The second-order valence-corrected chi connectivity index (χ2v) is 10.6. The third-order valence-electron chi connectivity index (χ3n) is 6.43. The Labute approximate surface area is 289 Å². The second kappa shape index (κ2) is 44.0. The number of rotatable bonds is 43. The molecule has 0 atom stereocenters. The number of hydrogen-bond donors (Lipinski definition) is 1. The van der Waals surface area contributed by atoms with E-state index in [9.17, 15) is 4.79 Å². The molecule has 1 N–H and O–H groups in total. The van der Waals surface area contributed by atoms with Gasteiger partial charge < -0.3 is 61.9 Å². The largest absolute Gasteiger partial charge is 0.463 e. The van der Waals surface area contributed by atoms with Crippen molar-refractivity contribution in [2.45, 2.75) is 58.3 Å². The first-order valence-electron chi connectivity index (χ1n) is 17.9. The minimum Gasteiger partial charge on any atom is -0.463 e. The summed E-state index contributed by atoms with van der Waals surface area (Å²) in [5.74, 6) is -0.143. The van der Waals surface area contributed by atoms with Crippen LogP contribution in [0.4, 0.5) is 0 Å². The van der Waals surface area contributed by atoms with Gasteiger partial charge in [0.05, 0.1) is 152 Å². The van der Waals surface area contributed by atoms with Crippen LogP contribution in [0.1, 0.15) is 58.3 Å². The van der Waals surface area contributed by atoms with Crippen LogP contribution < -0.4 is 0 Å². The monoisotopic (exact) mass is 700 g/mol. The topological polar surface area (TPSA) is 148 Å². The zero-order valence-corrected chi connectivity index (χ0v) is 29.9. The molecule has 0 aliphatic heterocycles. The highest BCUT2D eigenvalue weighted by Gasteiger charge is 2.03. The molecule has 0 rings (SSSR count). The highest BCUT2D eigenvalue weighted by Crippen LogP contribution is 2.08. The maximum atomic E-state index is 11.7. The molecule has 0 aliphatic carbocycles. The zero-order valence-electron chi connectivity index (χ0n) is 29.9. The lowest BCUT2D eigenvalue weighted by atomic mass is 10.1. The van der Waals surface area contributed by atoms with Crippen molar-refractivity contribution >= 4 is 5.97 Å². The molecule has 0 aromatic rings. The van der Waals surface area contributed by atoms with Crippen LogP contribution in [0.25, 0.3) is 0 Å². The van der Waals surface area contributed by atoms with Crippen molar-refractivity contribution in [3.63, 3.8) is 0 Å². The number of ether oxygens (including phenoxy) is 12. The number of esters is 1. The van der Waals surface area contributed by atoms with Crippen LogP contribution in [0.2, 0.25) is 0 Å². The van der Waals surface area contributed by atoms with Crippen molar-refractivity contribution in [2.24, 2.45) is 0 Å². The molecule has 14 nitrogen and oxygen atoms in total. The Morgan fingerprint density at radius 2 is 0.604 bits per heavy atom. The minimum absolute atomic E-state index is 0.0231. The van der Waals surface area contributed by atoms with Crippen LogP contribution in [0.3, 0.4) is 0 Å². The van der Waals surface area contributed by atoms with E-state index in [1.807, 2.05) is 0 Å². The van der Waals surface area contributed by atoms with Crippen molar-refractivity contribution in [3.8, 4) is 0 Å². The molecule has 0 bridgehead atoms. The van der Waals surface area contributed by atoms with E-state index >= 15 is 0 Å². The van der Waals surface area contributed by atoms with E-state index in [4.69, 9.17) is 61.9 Å². The highest BCUT2D eigenvalue weighted by atomic mass is 16.6. The average Bonchev–Trinajstić information content (AvgIpc) is 3.09. The van der Waals surface area contributed by atoms with Gasteiger partial charge in [-0.3, -0.25) is 4.79 Å². The van der Waals surface area contributed by atoms with Gasteiger partial charge in [-0.05, 0) is 6.42 Å². The summed E-state index contributed by atoms with van der Waals surface area (Å²) < 4.78 is 64.7. The Balaban J connectivity index is 3.09. The lowest BCUT2D eigenvalue weighted by Crippen LogP contribution is -2.15. The second-order valence-electron chi connectivity index (χ2n) is 10.6. The summed E-state index contributed by atoms with van der Waals surface area (Å²) >= 11 is 0. The minimum atomic E-state index is -0.143. The summed E-state index contributed by atoms with van der Waals surface area (Å²) in [6, 6.07) is 0. The van der Waals surface area contributed by atoms with E-state index < -0.39 is 0 Å². The van der Waals surface area contributed by atoms with Crippen LogP contribution in [0.5, 0.6) is 0 Å². The van der Waals surface area contributed by atoms with E-state index in [-0.39, 0.29) is 19.2 Å². The van der Waals surface area contributed by atoms with Gasteiger partial charge >= 0.3 is 5.97 Å². The van der Waals surface area contributed by atoms with Crippen LogP contribution in [-0.4, -0.2) is 170 Å². The van der Waals surface area contributed by atoms with Crippen molar-refractivity contribution < 1.29 is 66.7 Å². The number of aliphatic hydroxyl groups excluding tert-OH is 1. The zero-order chi connectivity index (χ0) is 34.7. The van der Waals surface area contributed by atoms with E-state index in [2.05, 4.69) is 6.92 Å². The number of unbranched alkanes of at least 4 members (excludes halogenated alkanes) is 6. The third kappa shape index (κ3) is 43.0. The first kappa shape index (κ1) is 47.0. The number of aliphatic hydroxyl groups is 1. The lowest BCUT2D eigenvalue weighted by molar-refractivity contribution is -0.145. The molecule has 14 heteroatoms. The summed E-state index contributed by atoms with van der Waals surface area (Å²) in [6.45, 7) is 13.1. The molecule has 0 heterocycles. The number of carbonyl (C=O) groups excluding carboxylic acids is 1. The van der Waals surface area contributed by atoms with Crippen molar-refractivity contribution in [1.82, 2.24) is 0 Å². The van der Waals surface area contributed by atoms with E-state index in [0.717, 1.165) is 12.8 Å². The Kier molecular flexibility index (Phi) is 43.1. The summed E-state index contributed by atoms with van der Waals surface area (Å²) in [7, 11) is 0. The molecule has 0 saturated heterocycles. The van der Waals surface area contributed by atoms with Gasteiger partial charge in [0.2, 0.25) is 0 Å². The first-order chi connectivity index (χ1) is 23.8. The van der Waals surface area contributed by atoms with Crippen molar-refractivity contribution in [1.29, 1.82) is 0 Å². The average molecular weight is 701 g/mol. The molecule has 0 fully saturated rings. The van der Waals surface area contributed by atoms with Crippen LogP contribution in [-0.2, 0) is 61.6 Å². The lowest BCUT2D eigenvalue weighted by Gasteiger charge is -2.09. The van der Waals surface area contributed by atoms with Crippen LogP contribution >= 0.6 is 0 Å². The fourth-order valence-electron chi connectivity index (χ4n) is 3.88. The molecular weight excluding hydrogens is 632 g/mol. The number of carbonyl (C=O) groups is 1. The summed E-state index contributed by atoms with van der Waals surface area (Å²) in [4.78, 5) is 11.7. The molecule has 0 aliphatic rings. The SMILES string of the molecule is CCCCCCCCCC(=O)OCCOCCOCCOCCOCCOCCOCCOCCOCCOCCOCCOCCO. The maximum absolute atomic E-state index is 11.7. The van der Waals surface area contributed by atoms with Crippen LogP contribution in [0, 0.1) is 0 Å². The smallest absolute Gasteiger partial charge is 0.305 e. The fraction of sp³-hybridized carbons (Fsp3) is 0.971. The molecule has 0 saturated carbocycles. The summed E-state index contributed by atoms with van der Waals surface area (Å²) in [5.41, 5.74) is 0. The molecular formula is C34H68O14.